The van der Waals surface area contributed by atoms with Gasteiger partial charge >= 0.3 is 0 Å². The second-order valence-electron chi connectivity index (χ2n) is 3.22. The summed E-state index contributed by atoms with van der Waals surface area (Å²) >= 11 is 8.25. The van der Waals surface area contributed by atoms with E-state index in [9.17, 15) is 4.79 Å². The minimum absolute atomic E-state index is 0.0863. The molecule has 0 saturated heterocycles. The van der Waals surface area contributed by atoms with Crippen LogP contribution in [0.1, 0.15) is 15.2 Å². The van der Waals surface area contributed by atoms with Crippen LogP contribution in [0, 0.1) is 0 Å². The lowest BCUT2D eigenvalue weighted by Gasteiger charge is -1.99. The standard InChI is InChI=1S/C11H7Br2NOS/c12-8-1-7(4-14-5-8)11(15)3-10-2-9(13)6-16-10/h1-2,4-6H,3H2. The van der Waals surface area contributed by atoms with Crippen LogP contribution in [0.3, 0.4) is 0 Å². The summed E-state index contributed by atoms with van der Waals surface area (Å²) in [5, 5.41) is 1.97. The van der Waals surface area contributed by atoms with Gasteiger partial charge in [0.25, 0.3) is 0 Å². The Balaban J connectivity index is 2.14. The van der Waals surface area contributed by atoms with Gasteiger partial charge in [0.2, 0.25) is 0 Å². The van der Waals surface area contributed by atoms with Crippen LogP contribution in [-0.4, -0.2) is 10.8 Å². The highest BCUT2D eigenvalue weighted by Gasteiger charge is 2.09. The normalized spacial score (nSPS) is 10.4. The Morgan fingerprint density at radius 3 is 2.69 bits per heavy atom. The van der Waals surface area contributed by atoms with E-state index >= 15 is 0 Å². The largest absolute Gasteiger partial charge is 0.294 e. The van der Waals surface area contributed by atoms with Gasteiger partial charge in [0.05, 0.1) is 0 Å². The summed E-state index contributed by atoms with van der Waals surface area (Å²) in [5.41, 5.74) is 0.638. The van der Waals surface area contributed by atoms with E-state index in [0.29, 0.717) is 12.0 Å². The summed E-state index contributed by atoms with van der Waals surface area (Å²) in [6, 6.07) is 3.76. The summed E-state index contributed by atoms with van der Waals surface area (Å²) in [4.78, 5) is 16.9. The van der Waals surface area contributed by atoms with E-state index in [1.807, 2.05) is 11.4 Å². The number of carbonyl (C=O) groups excluding carboxylic acids is 1. The van der Waals surface area contributed by atoms with Crippen molar-refractivity contribution in [2.24, 2.45) is 0 Å². The summed E-state index contributed by atoms with van der Waals surface area (Å²) in [5.74, 6) is 0.0863. The van der Waals surface area contributed by atoms with Crippen molar-refractivity contribution in [3.8, 4) is 0 Å². The highest BCUT2D eigenvalue weighted by Crippen LogP contribution is 2.21. The molecule has 2 nitrogen and oxygen atoms in total. The van der Waals surface area contributed by atoms with Crippen LogP contribution < -0.4 is 0 Å². The summed E-state index contributed by atoms with van der Waals surface area (Å²) in [6.07, 6.45) is 3.68. The van der Waals surface area contributed by atoms with E-state index in [2.05, 4.69) is 36.8 Å². The third-order valence-corrected chi connectivity index (χ3v) is 4.11. The highest BCUT2D eigenvalue weighted by molar-refractivity contribution is 9.10. The van der Waals surface area contributed by atoms with Crippen molar-refractivity contribution in [3.63, 3.8) is 0 Å². The number of pyridine rings is 1. The SMILES string of the molecule is O=C(Cc1cc(Br)cs1)c1cncc(Br)c1. The number of halogens is 2. The van der Waals surface area contributed by atoms with Gasteiger partial charge in [0.1, 0.15) is 0 Å². The Kier molecular flexibility index (Phi) is 3.89. The van der Waals surface area contributed by atoms with E-state index < -0.39 is 0 Å². The van der Waals surface area contributed by atoms with Crippen LogP contribution in [0.15, 0.2) is 38.9 Å². The fourth-order valence-electron chi connectivity index (χ4n) is 1.27. The van der Waals surface area contributed by atoms with Crippen molar-refractivity contribution >= 4 is 49.0 Å². The second-order valence-corrected chi connectivity index (χ2v) is 6.05. The lowest BCUT2D eigenvalue weighted by atomic mass is 10.1. The first-order valence-corrected chi connectivity index (χ1v) is 6.98. The van der Waals surface area contributed by atoms with Gasteiger partial charge in [-0.1, -0.05) is 0 Å². The molecule has 2 heterocycles. The fraction of sp³-hybridized carbons (Fsp3) is 0.0909. The summed E-state index contributed by atoms with van der Waals surface area (Å²) in [6.45, 7) is 0. The van der Waals surface area contributed by atoms with E-state index in [4.69, 9.17) is 0 Å². The van der Waals surface area contributed by atoms with Crippen LogP contribution in [0.4, 0.5) is 0 Å². The quantitative estimate of drug-likeness (QED) is 0.771. The maximum atomic E-state index is 11.9. The fourth-order valence-corrected chi connectivity index (χ4v) is 3.09. The molecule has 0 radical (unpaired) electrons. The predicted octanol–water partition coefficient (Wildman–Crippen LogP) is 4.09. The number of hydrogen-bond acceptors (Lipinski definition) is 3. The molecule has 0 aliphatic rings. The molecule has 0 saturated carbocycles. The Hall–Kier alpha value is -0.520. The lowest BCUT2D eigenvalue weighted by Crippen LogP contribution is -2.02. The first-order valence-electron chi connectivity index (χ1n) is 4.52. The van der Waals surface area contributed by atoms with Crippen molar-refractivity contribution in [2.45, 2.75) is 6.42 Å². The van der Waals surface area contributed by atoms with Gasteiger partial charge in [-0.25, -0.2) is 0 Å². The van der Waals surface area contributed by atoms with Crippen LogP contribution in [-0.2, 0) is 6.42 Å². The minimum Gasteiger partial charge on any atom is -0.294 e. The average molecular weight is 361 g/mol. The van der Waals surface area contributed by atoms with Crippen molar-refractivity contribution < 1.29 is 4.79 Å². The van der Waals surface area contributed by atoms with E-state index in [-0.39, 0.29) is 5.78 Å². The minimum atomic E-state index is 0.0863. The van der Waals surface area contributed by atoms with Gasteiger partial charge in [-0.3, -0.25) is 9.78 Å². The van der Waals surface area contributed by atoms with Crippen LogP contribution in [0.25, 0.3) is 0 Å². The number of aromatic nitrogens is 1. The lowest BCUT2D eigenvalue weighted by molar-refractivity contribution is 0.0993. The zero-order chi connectivity index (χ0) is 11.5. The molecule has 2 aromatic heterocycles. The van der Waals surface area contributed by atoms with Crippen molar-refractivity contribution in [1.82, 2.24) is 4.98 Å². The van der Waals surface area contributed by atoms with Gasteiger partial charge in [0, 0.05) is 43.6 Å². The number of carbonyl (C=O) groups is 1. The Morgan fingerprint density at radius 1 is 1.25 bits per heavy atom. The topological polar surface area (TPSA) is 30.0 Å². The number of hydrogen-bond donors (Lipinski definition) is 0. The molecule has 0 amide bonds. The molecule has 0 fully saturated rings. The Labute approximate surface area is 114 Å². The number of Topliss-reactive ketones (excluding diaryl/α,β-unsaturated/α-hetero) is 1. The van der Waals surface area contributed by atoms with Gasteiger partial charge < -0.3 is 0 Å². The molecule has 0 N–H and O–H groups in total. The molecular formula is C11H7Br2NOS. The van der Waals surface area contributed by atoms with Gasteiger partial charge in [-0.2, -0.15) is 0 Å². The van der Waals surface area contributed by atoms with Crippen molar-refractivity contribution in [3.05, 3.63) is 49.3 Å². The molecule has 2 rings (SSSR count). The van der Waals surface area contributed by atoms with E-state index in [1.165, 1.54) is 0 Å². The number of nitrogens with zero attached hydrogens (tertiary/aromatic N) is 1. The molecule has 2 aromatic rings. The number of rotatable bonds is 3. The monoisotopic (exact) mass is 359 g/mol. The molecule has 0 aliphatic heterocycles. The molecular weight excluding hydrogens is 354 g/mol. The Morgan fingerprint density at radius 2 is 2.06 bits per heavy atom. The molecule has 16 heavy (non-hydrogen) atoms. The molecule has 5 heteroatoms. The van der Waals surface area contributed by atoms with Crippen molar-refractivity contribution in [2.75, 3.05) is 0 Å². The van der Waals surface area contributed by atoms with Crippen molar-refractivity contribution in [1.29, 1.82) is 0 Å². The Bertz CT molecular complexity index is 524. The predicted molar refractivity (Wildman–Crippen MR) is 72.0 cm³/mol. The van der Waals surface area contributed by atoms with Crippen LogP contribution in [0.2, 0.25) is 0 Å². The smallest absolute Gasteiger partial charge is 0.169 e. The third-order valence-electron chi connectivity index (χ3n) is 1.98. The van der Waals surface area contributed by atoms with E-state index in [0.717, 1.165) is 13.8 Å². The number of ketones is 1. The molecule has 0 atom stereocenters. The molecule has 82 valence electrons. The first kappa shape index (κ1) is 12.0. The molecule has 0 bridgehead atoms. The zero-order valence-electron chi connectivity index (χ0n) is 8.11. The second kappa shape index (κ2) is 5.21. The average Bonchev–Trinajstić information content (AvgIpc) is 2.64. The summed E-state index contributed by atoms with van der Waals surface area (Å²) < 4.78 is 1.85. The van der Waals surface area contributed by atoms with Crippen LogP contribution in [0.5, 0.6) is 0 Å². The summed E-state index contributed by atoms with van der Waals surface area (Å²) in [7, 11) is 0. The van der Waals surface area contributed by atoms with Gasteiger partial charge in [-0.15, -0.1) is 11.3 Å². The third kappa shape index (κ3) is 2.99. The zero-order valence-corrected chi connectivity index (χ0v) is 12.1. The molecule has 0 aliphatic carbocycles. The number of thiophene rings is 1. The molecule has 0 aromatic carbocycles. The maximum Gasteiger partial charge on any atom is 0.169 e. The first-order chi connectivity index (χ1) is 7.65. The highest BCUT2D eigenvalue weighted by atomic mass is 79.9. The van der Waals surface area contributed by atoms with E-state index in [1.54, 1.807) is 29.8 Å². The maximum absolute atomic E-state index is 11.9. The van der Waals surface area contributed by atoms with Crippen LogP contribution >= 0.6 is 43.2 Å². The van der Waals surface area contributed by atoms with Gasteiger partial charge in [-0.05, 0) is 44.0 Å². The molecule has 0 spiro atoms. The molecule has 0 unspecified atom stereocenters. The van der Waals surface area contributed by atoms with Gasteiger partial charge in [0.15, 0.2) is 5.78 Å².